The van der Waals surface area contributed by atoms with Crippen molar-refractivity contribution in [3.05, 3.63) is 33.1 Å². The fraction of sp³-hybridized carbons (Fsp3) is 0.600. The van der Waals surface area contributed by atoms with Crippen molar-refractivity contribution < 1.29 is 9.84 Å². The Bertz CT molecular complexity index is 492. The first-order valence-corrected chi connectivity index (χ1v) is 5.08. The number of nitrogens with one attached hydrogen (secondary N) is 1. The Balaban J connectivity index is 2.27. The molecule has 6 heteroatoms. The molecule has 16 heavy (non-hydrogen) atoms. The highest BCUT2D eigenvalue weighted by atomic mass is 16.5. The lowest BCUT2D eigenvalue weighted by Crippen LogP contribution is -2.31. The molecule has 1 aromatic rings. The van der Waals surface area contributed by atoms with E-state index in [-0.39, 0.29) is 12.0 Å². The van der Waals surface area contributed by atoms with E-state index in [1.54, 1.807) is 0 Å². The highest BCUT2D eigenvalue weighted by molar-refractivity contribution is 4.88. The minimum absolute atomic E-state index is 0.0155. The van der Waals surface area contributed by atoms with Crippen LogP contribution >= 0.6 is 0 Å². The lowest BCUT2D eigenvalue weighted by molar-refractivity contribution is 0.0413. The molecule has 0 amide bonds. The normalized spacial score (nSPS) is 29.5. The quantitative estimate of drug-likeness (QED) is 0.709. The van der Waals surface area contributed by atoms with E-state index in [1.165, 1.54) is 16.8 Å². The summed E-state index contributed by atoms with van der Waals surface area (Å²) in [6.07, 6.45) is 1.55. The summed E-state index contributed by atoms with van der Waals surface area (Å²) >= 11 is 0. The first kappa shape index (κ1) is 11.1. The molecule has 0 aromatic carbocycles. The summed E-state index contributed by atoms with van der Waals surface area (Å²) in [4.78, 5) is 24.6. The van der Waals surface area contributed by atoms with E-state index >= 15 is 0 Å². The molecule has 0 unspecified atom stereocenters. The van der Waals surface area contributed by atoms with Gasteiger partial charge < -0.3 is 9.84 Å². The molecule has 88 valence electrons. The molecule has 2 rings (SSSR count). The van der Waals surface area contributed by atoms with Gasteiger partial charge in [-0.3, -0.25) is 14.3 Å². The van der Waals surface area contributed by atoms with Gasteiger partial charge in [0.05, 0.1) is 13.2 Å². The monoisotopic (exact) mass is 226 g/mol. The Hall–Kier alpha value is -1.40. The van der Waals surface area contributed by atoms with Crippen molar-refractivity contribution in [3.8, 4) is 0 Å². The van der Waals surface area contributed by atoms with Gasteiger partial charge in [-0.25, -0.2) is 4.79 Å². The van der Waals surface area contributed by atoms with Crippen molar-refractivity contribution in [2.24, 2.45) is 5.41 Å². The summed E-state index contributed by atoms with van der Waals surface area (Å²) in [6.45, 7) is 2.31. The molecule has 2 atom stereocenters. The maximum Gasteiger partial charge on any atom is 0.330 e. The Kier molecular flexibility index (Phi) is 2.69. The SMILES string of the molecule is C[C@]1(CO)CO[C@@H](n2ccc(=O)[nH]c2=O)C1. The van der Waals surface area contributed by atoms with Crippen LogP contribution in [-0.4, -0.2) is 27.9 Å². The summed E-state index contributed by atoms with van der Waals surface area (Å²) in [6, 6.07) is 1.28. The summed E-state index contributed by atoms with van der Waals surface area (Å²) in [5.74, 6) is 0. The van der Waals surface area contributed by atoms with Crippen molar-refractivity contribution in [2.45, 2.75) is 19.6 Å². The van der Waals surface area contributed by atoms with Gasteiger partial charge in [-0.05, 0) is 0 Å². The van der Waals surface area contributed by atoms with Gasteiger partial charge in [-0.15, -0.1) is 0 Å². The van der Waals surface area contributed by atoms with Gasteiger partial charge in [0.25, 0.3) is 5.56 Å². The highest BCUT2D eigenvalue weighted by Crippen LogP contribution is 2.36. The van der Waals surface area contributed by atoms with Gasteiger partial charge >= 0.3 is 5.69 Å². The van der Waals surface area contributed by atoms with E-state index in [9.17, 15) is 14.7 Å². The number of hydrogen-bond donors (Lipinski definition) is 2. The van der Waals surface area contributed by atoms with Crippen LogP contribution in [0.2, 0.25) is 0 Å². The van der Waals surface area contributed by atoms with Crippen LogP contribution in [0.5, 0.6) is 0 Å². The van der Waals surface area contributed by atoms with Crippen LogP contribution in [0.3, 0.4) is 0 Å². The number of ether oxygens (including phenoxy) is 1. The minimum Gasteiger partial charge on any atom is -0.396 e. The van der Waals surface area contributed by atoms with Gasteiger partial charge in [0.1, 0.15) is 6.23 Å². The Morgan fingerprint density at radius 1 is 1.69 bits per heavy atom. The first-order chi connectivity index (χ1) is 7.54. The summed E-state index contributed by atoms with van der Waals surface area (Å²) < 4.78 is 6.78. The Morgan fingerprint density at radius 2 is 2.44 bits per heavy atom. The lowest BCUT2D eigenvalue weighted by Gasteiger charge is -2.17. The molecular weight excluding hydrogens is 212 g/mol. The number of aromatic amines is 1. The maximum absolute atomic E-state index is 11.5. The molecule has 0 spiro atoms. The zero-order valence-corrected chi connectivity index (χ0v) is 8.97. The molecule has 1 saturated heterocycles. The van der Waals surface area contributed by atoms with Crippen LogP contribution in [0.4, 0.5) is 0 Å². The average Bonchev–Trinajstić information content (AvgIpc) is 2.62. The van der Waals surface area contributed by atoms with Gasteiger partial charge in [0.2, 0.25) is 0 Å². The Morgan fingerprint density at radius 3 is 3.00 bits per heavy atom. The topological polar surface area (TPSA) is 84.3 Å². The molecule has 0 aliphatic carbocycles. The fourth-order valence-corrected chi connectivity index (χ4v) is 1.78. The summed E-state index contributed by atoms with van der Waals surface area (Å²) in [7, 11) is 0. The minimum atomic E-state index is -0.486. The van der Waals surface area contributed by atoms with Crippen LogP contribution in [0.15, 0.2) is 21.9 Å². The van der Waals surface area contributed by atoms with E-state index in [1.807, 2.05) is 6.92 Å². The number of aromatic nitrogens is 2. The van der Waals surface area contributed by atoms with Crippen molar-refractivity contribution in [3.63, 3.8) is 0 Å². The van der Waals surface area contributed by atoms with Crippen LogP contribution in [0, 0.1) is 5.41 Å². The van der Waals surface area contributed by atoms with Crippen molar-refractivity contribution in [1.29, 1.82) is 0 Å². The number of aliphatic hydroxyl groups is 1. The molecule has 1 aromatic heterocycles. The smallest absolute Gasteiger partial charge is 0.330 e. The molecule has 1 aliphatic heterocycles. The van der Waals surface area contributed by atoms with Crippen molar-refractivity contribution >= 4 is 0 Å². The molecule has 2 heterocycles. The van der Waals surface area contributed by atoms with Crippen molar-refractivity contribution in [1.82, 2.24) is 9.55 Å². The van der Waals surface area contributed by atoms with Crippen LogP contribution < -0.4 is 11.2 Å². The van der Waals surface area contributed by atoms with E-state index in [0.717, 1.165) is 0 Å². The largest absolute Gasteiger partial charge is 0.396 e. The third kappa shape index (κ3) is 1.94. The molecule has 0 saturated carbocycles. The van der Waals surface area contributed by atoms with Gasteiger partial charge in [0.15, 0.2) is 0 Å². The number of rotatable bonds is 2. The summed E-state index contributed by atoms with van der Waals surface area (Å²) in [5.41, 5.74) is -1.23. The van der Waals surface area contributed by atoms with E-state index in [0.29, 0.717) is 13.0 Å². The fourth-order valence-electron chi connectivity index (χ4n) is 1.78. The predicted molar refractivity (Wildman–Crippen MR) is 56.1 cm³/mol. The third-order valence-electron chi connectivity index (χ3n) is 2.83. The zero-order valence-electron chi connectivity index (χ0n) is 8.97. The molecule has 1 fully saturated rings. The van der Waals surface area contributed by atoms with Gasteiger partial charge in [-0.2, -0.15) is 0 Å². The van der Waals surface area contributed by atoms with Crippen molar-refractivity contribution in [2.75, 3.05) is 13.2 Å². The summed E-state index contributed by atoms with van der Waals surface area (Å²) in [5, 5.41) is 9.18. The number of aliphatic hydroxyl groups excluding tert-OH is 1. The zero-order chi connectivity index (χ0) is 11.8. The van der Waals surface area contributed by atoms with Gasteiger partial charge in [-0.1, -0.05) is 6.92 Å². The number of nitrogens with zero attached hydrogens (tertiary/aromatic N) is 1. The lowest BCUT2D eigenvalue weighted by atomic mass is 9.90. The number of H-pyrrole nitrogens is 1. The first-order valence-electron chi connectivity index (χ1n) is 5.08. The molecular formula is C10H14N2O4. The van der Waals surface area contributed by atoms with Crippen LogP contribution in [0.1, 0.15) is 19.6 Å². The van der Waals surface area contributed by atoms with E-state index in [4.69, 9.17) is 4.74 Å². The van der Waals surface area contributed by atoms with E-state index in [2.05, 4.69) is 4.98 Å². The standard InChI is InChI=1S/C10H14N2O4/c1-10(5-13)4-8(16-6-10)12-3-2-7(14)11-9(12)15/h2-3,8,13H,4-6H2,1H3,(H,11,14,15)/t8-,10+/m1/s1. The molecule has 6 nitrogen and oxygen atoms in total. The molecule has 2 N–H and O–H groups in total. The van der Waals surface area contributed by atoms with Gasteiger partial charge in [0, 0.05) is 24.1 Å². The Labute approximate surface area is 91.5 Å². The number of hydrogen-bond acceptors (Lipinski definition) is 4. The van der Waals surface area contributed by atoms with Crippen LogP contribution in [-0.2, 0) is 4.74 Å². The molecule has 0 radical (unpaired) electrons. The second kappa shape index (κ2) is 3.88. The third-order valence-corrected chi connectivity index (χ3v) is 2.83. The van der Waals surface area contributed by atoms with Crippen LogP contribution in [0.25, 0.3) is 0 Å². The highest BCUT2D eigenvalue weighted by Gasteiger charge is 2.36. The van der Waals surface area contributed by atoms with E-state index < -0.39 is 17.5 Å². The second-order valence-electron chi connectivity index (χ2n) is 4.46. The molecule has 1 aliphatic rings. The predicted octanol–water partition coefficient (Wildman–Crippen LogP) is -0.546. The molecule has 0 bridgehead atoms. The maximum atomic E-state index is 11.5. The second-order valence-corrected chi connectivity index (χ2v) is 4.46. The average molecular weight is 226 g/mol.